The summed E-state index contributed by atoms with van der Waals surface area (Å²) >= 11 is 0. The number of amides is 1. The number of likely N-dealkylation sites (N-methyl/N-ethyl adjacent to an activating group) is 1. The smallest absolute Gasteiger partial charge is 0.243 e. The lowest BCUT2D eigenvalue weighted by Gasteiger charge is -2.32. The van der Waals surface area contributed by atoms with Gasteiger partial charge in [-0.15, -0.1) is 24.0 Å². The zero-order valence-electron chi connectivity index (χ0n) is 18.1. The van der Waals surface area contributed by atoms with Gasteiger partial charge in [0.2, 0.25) is 5.91 Å². The van der Waals surface area contributed by atoms with Crippen LogP contribution in [0, 0.1) is 5.92 Å². The molecule has 0 saturated carbocycles. The fourth-order valence-corrected chi connectivity index (χ4v) is 3.21. The molecule has 2 rings (SSSR count). The number of hydrogen-bond donors (Lipinski definition) is 2. The van der Waals surface area contributed by atoms with Crippen LogP contribution in [0.25, 0.3) is 0 Å². The second-order valence-electron chi connectivity index (χ2n) is 7.43. The standard InChI is InChI=1S/C21H35N5O2.HI/c1-5-22-21(24-15-20(27)25(2)3)23-14-17-10-12-26(13-11-17)16-18-6-8-19(28-4)9-7-18;/h6-9,17H,5,10-16H2,1-4H3,(H2,22,23,24);1H. The third kappa shape index (κ3) is 9.20. The first kappa shape index (κ1) is 25.5. The van der Waals surface area contributed by atoms with E-state index in [4.69, 9.17) is 4.74 Å². The molecule has 1 aliphatic rings. The highest BCUT2D eigenvalue weighted by molar-refractivity contribution is 14.0. The van der Waals surface area contributed by atoms with Gasteiger partial charge >= 0.3 is 0 Å². The Hall–Kier alpha value is -1.55. The summed E-state index contributed by atoms with van der Waals surface area (Å²) < 4.78 is 5.22. The van der Waals surface area contributed by atoms with Crippen molar-refractivity contribution < 1.29 is 9.53 Å². The number of nitrogens with one attached hydrogen (secondary N) is 2. The van der Waals surface area contributed by atoms with E-state index in [1.807, 2.05) is 19.1 Å². The highest BCUT2D eigenvalue weighted by Crippen LogP contribution is 2.19. The van der Waals surface area contributed by atoms with E-state index in [1.165, 1.54) is 18.4 Å². The van der Waals surface area contributed by atoms with Crippen LogP contribution in [-0.4, -0.2) is 75.6 Å². The summed E-state index contributed by atoms with van der Waals surface area (Å²) in [5.74, 6) is 2.25. The summed E-state index contributed by atoms with van der Waals surface area (Å²) in [5, 5.41) is 6.61. The van der Waals surface area contributed by atoms with Gasteiger partial charge in [0.05, 0.1) is 7.11 Å². The largest absolute Gasteiger partial charge is 0.497 e. The minimum Gasteiger partial charge on any atom is -0.497 e. The van der Waals surface area contributed by atoms with E-state index < -0.39 is 0 Å². The Bertz CT molecular complexity index is 628. The molecule has 1 heterocycles. The number of guanidine groups is 1. The molecule has 0 unspecified atom stereocenters. The molecular weight excluding hydrogens is 481 g/mol. The van der Waals surface area contributed by atoms with Gasteiger partial charge in [-0.1, -0.05) is 12.1 Å². The van der Waals surface area contributed by atoms with Crippen molar-refractivity contribution >= 4 is 35.8 Å². The molecule has 1 aromatic carbocycles. The molecule has 1 aliphatic heterocycles. The lowest BCUT2D eigenvalue weighted by Crippen LogP contribution is -2.43. The number of carbonyl (C=O) groups excluding carboxylic acids is 1. The predicted octanol–water partition coefficient (Wildman–Crippen LogP) is 2.17. The third-order valence-corrected chi connectivity index (χ3v) is 5.05. The molecule has 1 saturated heterocycles. The SMILES string of the molecule is CCNC(=NCC(=O)N(C)C)NCC1CCN(Cc2ccc(OC)cc2)CC1.I. The van der Waals surface area contributed by atoms with Gasteiger partial charge in [0, 0.05) is 33.7 Å². The second kappa shape index (κ2) is 13.6. The number of aliphatic imine (C=N–C) groups is 1. The zero-order valence-corrected chi connectivity index (χ0v) is 20.4. The Balaban J connectivity index is 0.00000420. The Kier molecular flexibility index (Phi) is 12.0. The monoisotopic (exact) mass is 517 g/mol. The van der Waals surface area contributed by atoms with E-state index in [9.17, 15) is 4.79 Å². The number of rotatable bonds is 8. The normalized spacial score (nSPS) is 15.4. The van der Waals surface area contributed by atoms with Crippen LogP contribution >= 0.6 is 24.0 Å². The lowest BCUT2D eigenvalue weighted by atomic mass is 9.96. The van der Waals surface area contributed by atoms with Crippen molar-refractivity contribution in [3.05, 3.63) is 29.8 Å². The number of hydrogen-bond acceptors (Lipinski definition) is 4. The van der Waals surface area contributed by atoms with Gasteiger partial charge in [-0.3, -0.25) is 9.69 Å². The second-order valence-corrected chi connectivity index (χ2v) is 7.43. The first-order chi connectivity index (χ1) is 13.5. The highest BCUT2D eigenvalue weighted by atomic mass is 127. The van der Waals surface area contributed by atoms with Crippen LogP contribution in [0.4, 0.5) is 0 Å². The van der Waals surface area contributed by atoms with Crippen molar-refractivity contribution in [1.29, 1.82) is 0 Å². The zero-order chi connectivity index (χ0) is 20.4. The first-order valence-electron chi connectivity index (χ1n) is 10.1. The van der Waals surface area contributed by atoms with Crippen LogP contribution in [-0.2, 0) is 11.3 Å². The summed E-state index contributed by atoms with van der Waals surface area (Å²) in [6, 6.07) is 8.32. The summed E-state index contributed by atoms with van der Waals surface area (Å²) in [6.07, 6.45) is 2.33. The highest BCUT2D eigenvalue weighted by Gasteiger charge is 2.19. The van der Waals surface area contributed by atoms with Crippen LogP contribution < -0.4 is 15.4 Å². The minimum absolute atomic E-state index is 0. The summed E-state index contributed by atoms with van der Waals surface area (Å²) in [4.78, 5) is 20.2. The predicted molar refractivity (Wildman–Crippen MR) is 129 cm³/mol. The van der Waals surface area contributed by atoms with Gasteiger partial charge in [0.15, 0.2) is 5.96 Å². The maximum absolute atomic E-state index is 11.7. The third-order valence-electron chi connectivity index (χ3n) is 5.05. The van der Waals surface area contributed by atoms with Gasteiger partial charge in [0.25, 0.3) is 0 Å². The molecule has 0 bridgehead atoms. The van der Waals surface area contributed by atoms with E-state index in [-0.39, 0.29) is 36.4 Å². The van der Waals surface area contributed by atoms with Crippen LogP contribution in [0.1, 0.15) is 25.3 Å². The van der Waals surface area contributed by atoms with Crippen LogP contribution in [0.5, 0.6) is 5.75 Å². The molecule has 0 radical (unpaired) electrons. The number of likely N-dealkylation sites (tertiary alicyclic amines) is 1. The van der Waals surface area contributed by atoms with E-state index >= 15 is 0 Å². The minimum atomic E-state index is 0. The average molecular weight is 517 g/mol. The van der Waals surface area contributed by atoms with Crippen LogP contribution in [0.2, 0.25) is 0 Å². The number of piperidine rings is 1. The maximum atomic E-state index is 11.7. The number of carbonyl (C=O) groups is 1. The maximum Gasteiger partial charge on any atom is 0.243 e. The van der Waals surface area contributed by atoms with Gasteiger partial charge in [-0.05, 0) is 56.5 Å². The Morgan fingerprint density at radius 1 is 1.21 bits per heavy atom. The molecule has 1 amide bonds. The number of methoxy groups -OCH3 is 1. The van der Waals surface area contributed by atoms with Gasteiger partial charge < -0.3 is 20.3 Å². The molecule has 8 heteroatoms. The van der Waals surface area contributed by atoms with Crippen molar-refractivity contribution in [3.8, 4) is 5.75 Å². The fourth-order valence-electron chi connectivity index (χ4n) is 3.21. The van der Waals surface area contributed by atoms with Crippen molar-refractivity contribution in [2.75, 3.05) is 53.9 Å². The van der Waals surface area contributed by atoms with E-state index in [1.54, 1.807) is 26.1 Å². The van der Waals surface area contributed by atoms with Crippen molar-refractivity contribution in [2.24, 2.45) is 10.9 Å². The van der Waals surface area contributed by atoms with Crippen molar-refractivity contribution in [1.82, 2.24) is 20.4 Å². The topological polar surface area (TPSA) is 69.2 Å². The van der Waals surface area contributed by atoms with Crippen LogP contribution in [0.15, 0.2) is 29.3 Å². The molecule has 29 heavy (non-hydrogen) atoms. The average Bonchev–Trinajstić information content (AvgIpc) is 2.71. The van der Waals surface area contributed by atoms with Gasteiger partial charge in [0.1, 0.15) is 12.3 Å². The molecule has 0 aliphatic carbocycles. The van der Waals surface area contributed by atoms with Crippen molar-refractivity contribution in [2.45, 2.75) is 26.3 Å². The molecule has 2 N–H and O–H groups in total. The van der Waals surface area contributed by atoms with Gasteiger partial charge in [-0.2, -0.15) is 0 Å². The molecule has 7 nitrogen and oxygen atoms in total. The quantitative estimate of drug-likeness (QED) is 0.315. The summed E-state index contributed by atoms with van der Waals surface area (Å²) in [7, 11) is 5.19. The van der Waals surface area contributed by atoms with E-state index in [0.29, 0.717) is 5.92 Å². The van der Waals surface area contributed by atoms with E-state index in [2.05, 4.69) is 32.7 Å². The Labute approximate surface area is 192 Å². The molecule has 164 valence electrons. The molecule has 0 aromatic heterocycles. The molecule has 0 atom stereocenters. The Morgan fingerprint density at radius 3 is 2.41 bits per heavy atom. The lowest BCUT2D eigenvalue weighted by molar-refractivity contribution is -0.127. The van der Waals surface area contributed by atoms with E-state index in [0.717, 1.165) is 44.4 Å². The van der Waals surface area contributed by atoms with Crippen molar-refractivity contribution in [3.63, 3.8) is 0 Å². The van der Waals surface area contributed by atoms with Gasteiger partial charge in [-0.25, -0.2) is 4.99 Å². The first-order valence-corrected chi connectivity index (χ1v) is 10.1. The molecule has 1 fully saturated rings. The fraction of sp³-hybridized carbons (Fsp3) is 0.619. The number of halogens is 1. The molecule has 1 aromatic rings. The molecular formula is C21H36IN5O2. The summed E-state index contributed by atoms with van der Waals surface area (Å²) in [5.41, 5.74) is 1.32. The van der Waals surface area contributed by atoms with Crippen LogP contribution in [0.3, 0.4) is 0 Å². The summed E-state index contributed by atoms with van der Waals surface area (Å²) in [6.45, 7) is 7.06. The number of nitrogens with zero attached hydrogens (tertiary/aromatic N) is 3. The molecule has 0 spiro atoms. The number of benzene rings is 1. The Morgan fingerprint density at radius 2 is 1.86 bits per heavy atom. The number of ether oxygens (including phenoxy) is 1.